The molecule has 2 atom stereocenters. The van der Waals surface area contributed by atoms with Crippen molar-refractivity contribution in [1.82, 2.24) is 10.2 Å². The van der Waals surface area contributed by atoms with Crippen molar-refractivity contribution in [3.63, 3.8) is 0 Å². The minimum Gasteiger partial charge on any atom is -0.326 e. The van der Waals surface area contributed by atoms with Crippen LogP contribution >= 0.6 is 11.8 Å². The molecule has 0 fully saturated rings. The molecule has 1 aliphatic rings. The number of anilines is 2. The Balaban J connectivity index is 1.51. The maximum Gasteiger partial charge on any atom is 0.238 e. The van der Waals surface area contributed by atoms with Crippen LogP contribution in [0.4, 0.5) is 11.4 Å². The van der Waals surface area contributed by atoms with E-state index in [9.17, 15) is 9.59 Å². The van der Waals surface area contributed by atoms with Crippen LogP contribution in [0.25, 0.3) is 10.9 Å². The number of para-hydroxylation sites is 1. The average Bonchev–Trinajstić information content (AvgIpc) is 3.08. The first kappa shape index (κ1) is 15.7. The van der Waals surface area contributed by atoms with Gasteiger partial charge in [-0.3, -0.25) is 14.7 Å². The summed E-state index contributed by atoms with van der Waals surface area (Å²) >= 11 is 1.43. The summed E-state index contributed by atoms with van der Waals surface area (Å²) in [6.07, 6.45) is 1.73. The highest BCUT2D eigenvalue weighted by molar-refractivity contribution is 8.01. The molecule has 0 spiro atoms. The molecule has 4 rings (SSSR count). The van der Waals surface area contributed by atoms with E-state index >= 15 is 0 Å². The number of carbonyl (C=O) groups is 2. The summed E-state index contributed by atoms with van der Waals surface area (Å²) in [7, 11) is 0. The van der Waals surface area contributed by atoms with E-state index < -0.39 is 11.2 Å². The van der Waals surface area contributed by atoms with E-state index in [0.29, 0.717) is 5.69 Å². The van der Waals surface area contributed by atoms with Gasteiger partial charge in [0.15, 0.2) is 0 Å². The van der Waals surface area contributed by atoms with E-state index in [4.69, 9.17) is 0 Å². The van der Waals surface area contributed by atoms with Gasteiger partial charge in [0.1, 0.15) is 0 Å². The van der Waals surface area contributed by atoms with Gasteiger partial charge in [-0.15, -0.1) is 11.8 Å². The average molecular weight is 352 g/mol. The van der Waals surface area contributed by atoms with Gasteiger partial charge < -0.3 is 10.6 Å². The molecular weight excluding hydrogens is 336 g/mol. The van der Waals surface area contributed by atoms with Gasteiger partial charge in [-0.2, -0.15) is 5.10 Å². The van der Waals surface area contributed by atoms with Crippen molar-refractivity contribution in [2.45, 2.75) is 17.1 Å². The number of hydrogen-bond acceptors (Lipinski definition) is 4. The Kier molecular flexibility index (Phi) is 3.93. The predicted molar refractivity (Wildman–Crippen MR) is 98.6 cm³/mol. The number of carbonyl (C=O) groups excluding carboxylic acids is 2. The molecule has 0 aliphatic carbocycles. The van der Waals surface area contributed by atoms with E-state index in [1.807, 2.05) is 42.5 Å². The van der Waals surface area contributed by atoms with Crippen molar-refractivity contribution in [1.29, 1.82) is 0 Å². The maximum atomic E-state index is 12.6. The Morgan fingerprint density at radius 3 is 3.00 bits per heavy atom. The first-order chi connectivity index (χ1) is 12.1. The zero-order valence-electron chi connectivity index (χ0n) is 13.4. The van der Waals surface area contributed by atoms with Gasteiger partial charge in [0, 0.05) is 16.0 Å². The van der Waals surface area contributed by atoms with Crippen LogP contribution in [-0.2, 0) is 9.59 Å². The maximum absolute atomic E-state index is 12.6. The number of rotatable bonds is 3. The molecule has 7 heteroatoms. The molecule has 0 radical (unpaired) electrons. The molecule has 3 N–H and O–H groups in total. The Hall–Kier alpha value is -2.80. The highest BCUT2D eigenvalue weighted by atomic mass is 32.2. The zero-order valence-corrected chi connectivity index (χ0v) is 14.3. The zero-order chi connectivity index (χ0) is 17.4. The molecular formula is C18H16N4O2S. The fourth-order valence-corrected chi connectivity index (χ4v) is 3.97. The molecule has 2 heterocycles. The SMILES string of the molecule is CC(C(=O)Nc1ccc2cn[nH]c2c1)C1Sc2ccccc2NC1=O. The van der Waals surface area contributed by atoms with Crippen LogP contribution in [-0.4, -0.2) is 27.3 Å². The van der Waals surface area contributed by atoms with Crippen molar-refractivity contribution >= 4 is 45.9 Å². The molecule has 2 aromatic carbocycles. The number of nitrogens with one attached hydrogen (secondary N) is 3. The van der Waals surface area contributed by atoms with Crippen LogP contribution < -0.4 is 10.6 Å². The topological polar surface area (TPSA) is 86.9 Å². The van der Waals surface area contributed by atoms with Gasteiger partial charge in [-0.05, 0) is 30.3 Å². The number of benzene rings is 2. The highest BCUT2D eigenvalue weighted by Gasteiger charge is 2.35. The van der Waals surface area contributed by atoms with E-state index in [1.165, 1.54) is 11.8 Å². The number of H-pyrrole nitrogens is 1. The lowest BCUT2D eigenvalue weighted by atomic mass is 10.1. The lowest BCUT2D eigenvalue weighted by Gasteiger charge is -2.27. The lowest BCUT2D eigenvalue weighted by Crippen LogP contribution is -2.39. The Morgan fingerprint density at radius 2 is 2.12 bits per heavy atom. The van der Waals surface area contributed by atoms with Crippen LogP contribution in [0.1, 0.15) is 6.92 Å². The second kappa shape index (κ2) is 6.25. The summed E-state index contributed by atoms with van der Waals surface area (Å²) in [5, 5.41) is 13.1. The molecule has 0 saturated heterocycles. The van der Waals surface area contributed by atoms with Crippen LogP contribution in [0.15, 0.2) is 53.6 Å². The molecule has 126 valence electrons. The van der Waals surface area contributed by atoms with Crippen molar-refractivity contribution in [3.8, 4) is 0 Å². The van der Waals surface area contributed by atoms with Crippen LogP contribution in [0.5, 0.6) is 0 Å². The first-order valence-corrected chi connectivity index (χ1v) is 8.80. The fraction of sp³-hybridized carbons (Fsp3) is 0.167. The number of aromatic amines is 1. The smallest absolute Gasteiger partial charge is 0.238 e. The molecule has 1 aromatic heterocycles. The van der Waals surface area contributed by atoms with Crippen molar-refractivity contribution in [3.05, 3.63) is 48.7 Å². The predicted octanol–water partition coefficient (Wildman–Crippen LogP) is 3.25. The van der Waals surface area contributed by atoms with Gasteiger partial charge >= 0.3 is 0 Å². The van der Waals surface area contributed by atoms with Crippen molar-refractivity contribution in [2.75, 3.05) is 10.6 Å². The van der Waals surface area contributed by atoms with Gasteiger partial charge in [-0.25, -0.2) is 0 Å². The number of hydrogen-bond donors (Lipinski definition) is 3. The molecule has 2 unspecified atom stereocenters. The minimum atomic E-state index is -0.476. The third kappa shape index (κ3) is 2.98. The number of nitrogens with zero attached hydrogens (tertiary/aromatic N) is 1. The van der Waals surface area contributed by atoms with Crippen LogP contribution in [0.3, 0.4) is 0 Å². The monoisotopic (exact) mass is 352 g/mol. The third-order valence-electron chi connectivity index (χ3n) is 4.23. The number of thioether (sulfide) groups is 1. The normalized spacial score (nSPS) is 17.6. The Morgan fingerprint density at radius 1 is 1.28 bits per heavy atom. The van der Waals surface area contributed by atoms with Crippen molar-refractivity contribution in [2.24, 2.45) is 5.92 Å². The molecule has 25 heavy (non-hydrogen) atoms. The van der Waals surface area contributed by atoms with E-state index in [1.54, 1.807) is 13.1 Å². The largest absolute Gasteiger partial charge is 0.326 e. The highest BCUT2D eigenvalue weighted by Crippen LogP contribution is 2.38. The Bertz CT molecular complexity index is 968. The molecule has 0 saturated carbocycles. The Labute approximate surface area is 148 Å². The van der Waals surface area contributed by atoms with E-state index in [2.05, 4.69) is 20.8 Å². The quantitative estimate of drug-likeness (QED) is 0.675. The second-order valence-corrected chi connectivity index (χ2v) is 7.16. The fourth-order valence-electron chi connectivity index (χ4n) is 2.80. The summed E-state index contributed by atoms with van der Waals surface area (Å²) in [5.41, 5.74) is 2.32. The van der Waals surface area contributed by atoms with Gasteiger partial charge in [0.2, 0.25) is 11.8 Å². The second-order valence-electron chi connectivity index (χ2n) is 5.97. The summed E-state index contributed by atoms with van der Waals surface area (Å²) in [6.45, 7) is 1.77. The molecule has 3 aromatic rings. The number of amides is 2. The van der Waals surface area contributed by atoms with Gasteiger partial charge in [0.05, 0.1) is 28.6 Å². The van der Waals surface area contributed by atoms with Crippen molar-refractivity contribution < 1.29 is 9.59 Å². The van der Waals surface area contributed by atoms with E-state index in [-0.39, 0.29) is 11.8 Å². The summed E-state index contributed by atoms with van der Waals surface area (Å²) in [5.74, 6) is -0.808. The molecule has 6 nitrogen and oxygen atoms in total. The number of fused-ring (bicyclic) bond motifs is 2. The summed E-state index contributed by atoms with van der Waals surface area (Å²) < 4.78 is 0. The molecule has 0 bridgehead atoms. The third-order valence-corrected chi connectivity index (χ3v) is 5.72. The van der Waals surface area contributed by atoms with Gasteiger partial charge in [0.25, 0.3) is 0 Å². The van der Waals surface area contributed by atoms with Crippen LogP contribution in [0, 0.1) is 5.92 Å². The summed E-state index contributed by atoms with van der Waals surface area (Å²) in [6, 6.07) is 13.1. The first-order valence-electron chi connectivity index (χ1n) is 7.92. The molecule has 1 aliphatic heterocycles. The minimum absolute atomic E-state index is 0.143. The lowest BCUT2D eigenvalue weighted by molar-refractivity contribution is -0.123. The van der Waals surface area contributed by atoms with Crippen LogP contribution in [0.2, 0.25) is 0 Å². The molecule has 2 amide bonds. The number of aromatic nitrogens is 2. The summed E-state index contributed by atoms with van der Waals surface area (Å²) in [4.78, 5) is 26.0. The standard InChI is InChI=1S/C18H16N4O2S/c1-10(16-18(24)21-13-4-2-3-5-15(13)25-16)17(23)20-12-7-6-11-9-19-22-14(11)8-12/h2-10,16H,1H3,(H,19,22)(H,20,23)(H,21,24). The van der Waals surface area contributed by atoms with E-state index in [0.717, 1.165) is 21.5 Å². The van der Waals surface area contributed by atoms with Gasteiger partial charge in [-0.1, -0.05) is 19.1 Å².